The summed E-state index contributed by atoms with van der Waals surface area (Å²) in [5.41, 5.74) is 1.24. The minimum absolute atomic E-state index is 0.0358. The molecule has 0 unspecified atom stereocenters. The number of imidazole rings is 1. The molecule has 1 aromatic carbocycles. The molecule has 0 aliphatic heterocycles. The summed E-state index contributed by atoms with van der Waals surface area (Å²) in [6.07, 6.45) is 2.65. The lowest BCUT2D eigenvalue weighted by atomic mass is 10.1. The first-order valence-corrected chi connectivity index (χ1v) is 8.50. The molecule has 8 heteroatoms. The number of hydrogen-bond acceptors (Lipinski definition) is 6. The fourth-order valence-electron chi connectivity index (χ4n) is 2.67. The van der Waals surface area contributed by atoms with Gasteiger partial charge >= 0.3 is 0 Å². The Kier molecular flexibility index (Phi) is 4.39. The van der Waals surface area contributed by atoms with Crippen LogP contribution >= 0.6 is 11.3 Å². The van der Waals surface area contributed by atoms with Gasteiger partial charge in [-0.3, -0.25) is 14.9 Å². The monoisotopic (exact) mass is 344 g/mol. The van der Waals surface area contributed by atoms with Gasteiger partial charge in [-0.05, 0) is 12.8 Å². The van der Waals surface area contributed by atoms with E-state index < -0.39 is 4.92 Å². The SMILES string of the molecule is CCC(CC)c1nn2c(C=O)c(-c3cccc([N+](=O)[O-])c3)nc2s1. The molecular formula is C16H16N4O3S. The van der Waals surface area contributed by atoms with Gasteiger partial charge in [0.2, 0.25) is 4.96 Å². The molecule has 0 spiro atoms. The van der Waals surface area contributed by atoms with E-state index in [0.717, 1.165) is 17.8 Å². The number of aldehydes is 1. The molecule has 2 heterocycles. The van der Waals surface area contributed by atoms with Crippen LogP contribution in [0.1, 0.15) is 48.1 Å². The predicted octanol–water partition coefficient (Wildman–Crippen LogP) is 4.08. The molecule has 0 saturated heterocycles. The average Bonchev–Trinajstić information content (AvgIpc) is 3.13. The Bertz CT molecular complexity index is 911. The summed E-state index contributed by atoms with van der Waals surface area (Å²) in [6, 6.07) is 6.11. The zero-order chi connectivity index (χ0) is 17.3. The third-order valence-electron chi connectivity index (χ3n) is 4.03. The summed E-state index contributed by atoms with van der Waals surface area (Å²) in [5.74, 6) is 0.345. The summed E-state index contributed by atoms with van der Waals surface area (Å²) in [7, 11) is 0. The van der Waals surface area contributed by atoms with Crippen LogP contribution in [0.3, 0.4) is 0 Å². The standard InChI is InChI=1S/C16H16N4O3S/c1-3-10(4-2)15-18-19-13(9-21)14(17-16(19)24-15)11-6-5-7-12(8-11)20(22)23/h5-10H,3-4H2,1-2H3. The summed E-state index contributed by atoms with van der Waals surface area (Å²) < 4.78 is 1.54. The Labute approximate surface area is 142 Å². The topological polar surface area (TPSA) is 90.4 Å². The van der Waals surface area contributed by atoms with Crippen LogP contribution in [-0.2, 0) is 0 Å². The quantitative estimate of drug-likeness (QED) is 0.382. The average molecular weight is 344 g/mol. The van der Waals surface area contributed by atoms with E-state index in [1.54, 1.807) is 16.6 Å². The molecule has 0 fully saturated rings. The molecule has 0 bridgehead atoms. The van der Waals surface area contributed by atoms with Gasteiger partial charge in [-0.1, -0.05) is 37.3 Å². The maximum Gasteiger partial charge on any atom is 0.270 e. The van der Waals surface area contributed by atoms with E-state index in [4.69, 9.17) is 0 Å². The molecule has 0 amide bonds. The van der Waals surface area contributed by atoms with Crippen molar-refractivity contribution in [3.8, 4) is 11.3 Å². The number of nitro groups is 1. The number of nitro benzene ring substituents is 1. The molecule has 0 radical (unpaired) electrons. The highest BCUT2D eigenvalue weighted by atomic mass is 32.1. The Morgan fingerprint density at radius 3 is 2.75 bits per heavy atom. The van der Waals surface area contributed by atoms with Gasteiger partial charge in [0.05, 0.1) is 4.92 Å². The smallest absolute Gasteiger partial charge is 0.270 e. The molecule has 0 saturated carbocycles. The molecule has 3 rings (SSSR count). The number of carbonyl (C=O) groups is 1. The Morgan fingerprint density at radius 2 is 2.12 bits per heavy atom. The van der Waals surface area contributed by atoms with Crippen molar-refractivity contribution in [2.45, 2.75) is 32.6 Å². The van der Waals surface area contributed by atoms with Crippen LogP contribution in [0.2, 0.25) is 0 Å². The number of carbonyl (C=O) groups excluding carboxylic acids is 1. The van der Waals surface area contributed by atoms with Gasteiger partial charge in [-0.15, -0.1) is 0 Å². The minimum atomic E-state index is -0.466. The molecule has 24 heavy (non-hydrogen) atoms. The highest BCUT2D eigenvalue weighted by molar-refractivity contribution is 7.16. The van der Waals surface area contributed by atoms with Gasteiger partial charge in [0, 0.05) is 23.6 Å². The number of benzene rings is 1. The number of fused-ring (bicyclic) bond motifs is 1. The second kappa shape index (κ2) is 6.48. The maximum absolute atomic E-state index is 11.6. The van der Waals surface area contributed by atoms with Crippen molar-refractivity contribution in [1.82, 2.24) is 14.6 Å². The molecule has 3 aromatic rings. The van der Waals surface area contributed by atoms with Crippen molar-refractivity contribution in [2.75, 3.05) is 0 Å². The molecule has 124 valence electrons. The molecule has 0 aliphatic carbocycles. The molecule has 7 nitrogen and oxygen atoms in total. The van der Waals surface area contributed by atoms with Gasteiger partial charge in [0.1, 0.15) is 16.4 Å². The summed E-state index contributed by atoms with van der Waals surface area (Å²) >= 11 is 1.46. The third-order valence-corrected chi connectivity index (χ3v) is 5.10. The van der Waals surface area contributed by atoms with Crippen LogP contribution in [-0.4, -0.2) is 25.8 Å². The van der Waals surface area contributed by atoms with Crippen molar-refractivity contribution in [3.63, 3.8) is 0 Å². The number of aromatic nitrogens is 3. The second-order valence-corrected chi connectivity index (χ2v) is 6.41. The Balaban J connectivity index is 2.13. The number of nitrogens with zero attached hydrogens (tertiary/aromatic N) is 4. The van der Waals surface area contributed by atoms with Crippen molar-refractivity contribution in [1.29, 1.82) is 0 Å². The number of hydrogen-bond donors (Lipinski definition) is 0. The number of rotatable bonds is 6. The van der Waals surface area contributed by atoms with Gasteiger partial charge in [0.15, 0.2) is 6.29 Å². The van der Waals surface area contributed by atoms with Gasteiger partial charge in [-0.25, -0.2) is 4.98 Å². The Morgan fingerprint density at radius 1 is 1.38 bits per heavy atom. The van der Waals surface area contributed by atoms with Crippen molar-refractivity contribution in [3.05, 3.63) is 45.1 Å². The first-order chi connectivity index (χ1) is 11.6. The van der Waals surface area contributed by atoms with E-state index in [2.05, 4.69) is 23.9 Å². The van der Waals surface area contributed by atoms with E-state index in [-0.39, 0.29) is 5.69 Å². The molecular weight excluding hydrogens is 328 g/mol. The van der Waals surface area contributed by atoms with E-state index in [9.17, 15) is 14.9 Å². The van der Waals surface area contributed by atoms with Crippen molar-refractivity contribution in [2.24, 2.45) is 0 Å². The summed E-state index contributed by atoms with van der Waals surface area (Å²) in [5, 5.41) is 16.4. The lowest BCUT2D eigenvalue weighted by molar-refractivity contribution is -0.384. The fraction of sp³-hybridized carbons (Fsp3) is 0.312. The van der Waals surface area contributed by atoms with E-state index >= 15 is 0 Å². The lowest BCUT2D eigenvalue weighted by Crippen LogP contribution is -1.99. The fourth-order valence-corrected chi connectivity index (χ4v) is 3.84. The zero-order valence-corrected chi connectivity index (χ0v) is 14.1. The second-order valence-electron chi connectivity index (χ2n) is 5.42. The highest BCUT2D eigenvalue weighted by Gasteiger charge is 2.21. The van der Waals surface area contributed by atoms with Crippen LogP contribution in [0.5, 0.6) is 0 Å². The molecule has 2 aromatic heterocycles. The highest BCUT2D eigenvalue weighted by Crippen LogP contribution is 2.32. The van der Waals surface area contributed by atoms with Crippen LogP contribution in [0.25, 0.3) is 16.2 Å². The lowest BCUT2D eigenvalue weighted by Gasteiger charge is -2.06. The van der Waals surface area contributed by atoms with Crippen LogP contribution in [0.15, 0.2) is 24.3 Å². The minimum Gasteiger partial charge on any atom is -0.296 e. The van der Waals surface area contributed by atoms with Gasteiger partial charge in [0.25, 0.3) is 5.69 Å². The first kappa shape index (κ1) is 16.3. The van der Waals surface area contributed by atoms with E-state index in [1.807, 2.05) is 0 Å². The number of non-ortho nitro benzene ring substituents is 1. The van der Waals surface area contributed by atoms with Gasteiger partial charge in [-0.2, -0.15) is 9.61 Å². The van der Waals surface area contributed by atoms with Crippen molar-refractivity contribution >= 4 is 28.3 Å². The maximum atomic E-state index is 11.6. The van der Waals surface area contributed by atoms with Gasteiger partial charge < -0.3 is 0 Å². The van der Waals surface area contributed by atoms with E-state index in [0.29, 0.717) is 34.1 Å². The zero-order valence-electron chi connectivity index (χ0n) is 13.3. The normalized spacial score (nSPS) is 11.3. The summed E-state index contributed by atoms with van der Waals surface area (Å²) in [4.78, 5) is 27.2. The predicted molar refractivity (Wildman–Crippen MR) is 91.7 cm³/mol. The van der Waals surface area contributed by atoms with E-state index in [1.165, 1.54) is 23.5 Å². The van der Waals surface area contributed by atoms with Crippen molar-refractivity contribution < 1.29 is 9.72 Å². The van der Waals surface area contributed by atoms with Crippen LogP contribution in [0, 0.1) is 10.1 Å². The largest absolute Gasteiger partial charge is 0.296 e. The molecule has 0 N–H and O–H groups in total. The molecule has 0 aliphatic rings. The summed E-state index contributed by atoms with van der Waals surface area (Å²) in [6.45, 7) is 4.21. The van der Waals surface area contributed by atoms with Crippen LogP contribution in [0.4, 0.5) is 5.69 Å². The molecule has 0 atom stereocenters. The third kappa shape index (κ3) is 2.69. The van der Waals surface area contributed by atoms with Crippen LogP contribution < -0.4 is 0 Å². The first-order valence-electron chi connectivity index (χ1n) is 7.68. The Hall–Kier alpha value is -2.61.